The van der Waals surface area contributed by atoms with Gasteiger partial charge in [0, 0.05) is 18.8 Å². The van der Waals surface area contributed by atoms with E-state index < -0.39 is 0 Å². The van der Waals surface area contributed by atoms with Gasteiger partial charge in [-0.05, 0) is 6.42 Å². The average molecular weight is 183 g/mol. The van der Waals surface area contributed by atoms with E-state index in [4.69, 9.17) is 9.47 Å². The molecule has 0 unspecified atom stereocenters. The Balaban J connectivity index is 4.14. The minimum absolute atomic E-state index is 0.505. The molecule has 0 N–H and O–H groups in total. The first-order valence-electron chi connectivity index (χ1n) is 4.23. The number of allylic oxidation sites excluding steroid dienone is 1. The van der Waals surface area contributed by atoms with Gasteiger partial charge in [-0.15, -0.1) is 0 Å². The van der Waals surface area contributed by atoms with Gasteiger partial charge in [0.2, 0.25) is 0 Å². The molecule has 0 aliphatic carbocycles. The van der Waals surface area contributed by atoms with Gasteiger partial charge < -0.3 is 9.47 Å². The number of methoxy groups -OCH3 is 2. The minimum Gasteiger partial charge on any atom is -0.493 e. The largest absolute Gasteiger partial charge is 0.493 e. The number of ether oxygens (including phenoxy) is 2. The van der Waals surface area contributed by atoms with E-state index in [-0.39, 0.29) is 0 Å². The number of hydrogen-bond donors (Lipinski definition) is 0. The predicted molar refractivity (Wildman–Crippen MR) is 54.9 cm³/mol. The Kier molecular flexibility index (Phi) is 6.69. The molecular weight excluding hydrogens is 166 g/mol. The highest BCUT2D eigenvalue weighted by atomic mass is 16.5. The van der Waals surface area contributed by atoms with Gasteiger partial charge in [0.05, 0.1) is 14.2 Å². The molecule has 0 fully saturated rings. The quantitative estimate of drug-likeness (QED) is 0.359. The van der Waals surface area contributed by atoms with Crippen LogP contribution in [0.5, 0.6) is 0 Å². The third-order valence-corrected chi connectivity index (χ3v) is 1.43. The van der Waals surface area contributed by atoms with Crippen molar-refractivity contribution >= 4 is 6.21 Å². The molecule has 13 heavy (non-hydrogen) atoms. The molecule has 74 valence electrons. The van der Waals surface area contributed by atoms with Crippen molar-refractivity contribution in [2.24, 2.45) is 4.99 Å². The Hall–Kier alpha value is -1.25. The van der Waals surface area contributed by atoms with E-state index in [0.29, 0.717) is 11.5 Å². The zero-order valence-corrected chi connectivity index (χ0v) is 8.54. The number of aliphatic imine (C=N–C) groups is 1. The summed E-state index contributed by atoms with van der Waals surface area (Å²) < 4.78 is 9.94. The van der Waals surface area contributed by atoms with Gasteiger partial charge in [-0.1, -0.05) is 13.5 Å². The topological polar surface area (TPSA) is 30.8 Å². The van der Waals surface area contributed by atoms with Crippen LogP contribution in [0.1, 0.15) is 13.3 Å². The van der Waals surface area contributed by atoms with E-state index in [1.54, 1.807) is 26.5 Å². The minimum atomic E-state index is 0.505. The third kappa shape index (κ3) is 5.06. The number of nitrogens with zero attached hydrogens (tertiary/aromatic N) is 1. The molecule has 0 heterocycles. The molecule has 0 aromatic heterocycles. The zero-order valence-electron chi connectivity index (χ0n) is 8.54. The molecule has 0 rings (SSSR count). The molecule has 0 saturated heterocycles. The molecule has 0 aliphatic rings. The standard InChI is InChI=1S/C10H17NO2/c1-5-7-11-8-6-10(13-4)9(2)12-3/h6,8H,2,5,7H2,1,3-4H3/b10-6+,11-8-. The van der Waals surface area contributed by atoms with Gasteiger partial charge in [0.1, 0.15) is 0 Å². The molecule has 3 nitrogen and oxygen atoms in total. The molecule has 0 saturated carbocycles. The lowest BCUT2D eigenvalue weighted by Crippen LogP contribution is -1.93. The van der Waals surface area contributed by atoms with Gasteiger partial charge >= 0.3 is 0 Å². The molecule has 0 amide bonds. The van der Waals surface area contributed by atoms with Crippen molar-refractivity contribution in [1.82, 2.24) is 0 Å². The van der Waals surface area contributed by atoms with Crippen LogP contribution in [0.2, 0.25) is 0 Å². The molecule has 0 aliphatic heterocycles. The first kappa shape index (κ1) is 11.8. The number of hydrogen-bond acceptors (Lipinski definition) is 3. The molecular formula is C10H17NO2. The number of rotatable bonds is 6. The first-order chi connectivity index (χ1) is 6.26. The zero-order chi connectivity index (χ0) is 10.1. The predicted octanol–water partition coefficient (Wildman–Crippen LogP) is 2.16. The van der Waals surface area contributed by atoms with Crippen molar-refractivity contribution in [2.75, 3.05) is 20.8 Å². The lowest BCUT2D eigenvalue weighted by Gasteiger charge is -2.06. The van der Waals surface area contributed by atoms with Crippen LogP contribution in [0.3, 0.4) is 0 Å². The Morgan fingerprint density at radius 2 is 2.08 bits per heavy atom. The highest BCUT2D eigenvalue weighted by Gasteiger charge is 1.98. The molecule has 0 atom stereocenters. The summed E-state index contributed by atoms with van der Waals surface area (Å²) >= 11 is 0. The Bertz CT molecular complexity index is 207. The Morgan fingerprint density at radius 1 is 1.38 bits per heavy atom. The van der Waals surface area contributed by atoms with E-state index in [9.17, 15) is 0 Å². The summed E-state index contributed by atoms with van der Waals surface area (Å²) in [6.45, 7) is 6.57. The lowest BCUT2D eigenvalue weighted by atomic mass is 10.4. The molecule has 3 heteroatoms. The maximum absolute atomic E-state index is 5.03. The third-order valence-electron chi connectivity index (χ3n) is 1.43. The van der Waals surface area contributed by atoms with Gasteiger partial charge in [-0.2, -0.15) is 0 Å². The second kappa shape index (κ2) is 7.40. The maximum atomic E-state index is 5.03. The van der Waals surface area contributed by atoms with Crippen LogP contribution in [0, 0.1) is 0 Å². The lowest BCUT2D eigenvalue weighted by molar-refractivity contribution is 0.222. The van der Waals surface area contributed by atoms with Gasteiger partial charge in [-0.3, -0.25) is 4.99 Å². The maximum Gasteiger partial charge on any atom is 0.161 e. The van der Waals surface area contributed by atoms with Crippen LogP contribution in [0.4, 0.5) is 0 Å². The van der Waals surface area contributed by atoms with Crippen molar-refractivity contribution in [2.45, 2.75) is 13.3 Å². The van der Waals surface area contributed by atoms with Gasteiger partial charge in [0.15, 0.2) is 11.5 Å². The summed E-state index contributed by atoms with van der Waals surface area (Å²) in [6, 6.07) is 0. The van der Waals surface area contributed by atoms with Crippen molar-refractivity contribution in [3.05, 3.63) is 24.2 Å². The van der Waals surface area contributed by atoms with E-state index >= 15 is 0 Å². The summed E-state index contributed by atoms with van der Waals surface area (Å²) in [4.78, 5) is 4.12. The smallest absolute Gasteiger partial charge is 0.161 e. The van der Waals surface area contributed by atoms with Gasteiger partial charge in [0.25, 0.3) is 0 Å². The highest BCUT2D eigenvalue weighted by molar-refractivity contribution is 5.72. The summed E-state index contributed by atoms with van der Waals surface area (Å²) in [6.07, 6.45) is 4.48. The average Bonchev–Trinajstić information content (AvgIpc) is 2.17. The molecule has 0 bridgehead atoms. The van der Waals surface area contributed by atoms with Crippen molar-refractivity contribution in [1.29, 1.82) is 0 Å². The molecule has 0 spiro atoms. The van der Waals surface area contributed by atoms with Crippen LogP contribution in [-0.4, -0.2) is 27.0 Å². The van der Waals surface area contributed by atoms with Crippen LogP contribution in [0.15, 0.2) is 29.2 Å². The van der Waals surface area contributed by atoms with Crippen molar-refractivity contribution in [3.63, 3.8) is 0 Å². The van der Waals surface area contributed by atoms with Crippen LogP contribution < -0.4 is 0 Å². The fourth-order valence-electron chi connectivity index (χ4n) is 0.699. The Labute approximate surface area is 79.8 Å². The SMILES string of the molecule is C=C(OC)/C(=C\C=N/CCC)OC. The van der Waals surface area contributed by atoms with Crippen LogP contribution in [0.25, 0.3) is 0 Å². The Morgan fingerprint density at radius 3 is 2.54 bits per heavy atom. The summed E-state index contributed by atoms with van der Waals surface area (Å²) in [5.41, 5.74) is 0. The summed E-state index contributed by atoms with van der Waals surface area (Å²) in [5, 5.41) is 0. The van der Waals surface area contributed by atoms with Crippen molar-refractivity contribution in [3.8, 4) is 0 Å². The second-order valence-electron chi connectivity index (χ2n) is 2.42. The van der Waals surface area contributed by atoms with Crippen LogP contribution in [-0.2, 0) is 9.47 Å². The fraction of sp³-hybridized carbons (Fsp3) is 0.500. The highest BCUT2D eigenvalue weighted by Crippen LogP contribution is 2.07. The summed E-state index contributed by atoms with van der Waals surface area (Å²) in [7, 11) is 3.13. The molecule has 0 radical (unpaired) electrons. The van der Waals surface area contributed by atoms with E-state index in [1.165, 1.54) is 0 Å². The van der Waals surface area contributed by atoms with E-state index in [0.717, 1.165) is 13.0 Å². The van der Waals surface area contributed by atoms with Gasteiger partial charge in [-0.25, -0.2) is 0 Å². The van der Waals surface area contributed by atoms with E-state index in [1.807, 2.05) is 0 Å². The monoisotopic (exact) mass is 183 g/mol. The fourth-order valence-corrected chi connectivity index (χ4v) is 0.699. The van der Waals surface area contributed by atoms with Crippen molar-refractivity contribution < 1.29 is 9.47 Å². The second-order valence-corrected chi connectivity index (χ2v) is 2.42. The van der Waals surface area contributed by atoms with E-state index in [2.05, 4.69) is 18.5 Å². The molecule has 0 aromatic rings. The van der Waals surface area contributed by atoms with Crippen LogP contribution >= 0.6 is 0 Å². The molecule has 0 aromatic carbocycles. The summed E-state index contributed by atoms with van der Waals surface area (Å²) in [5.74, 6) is 1.10. The normalized spacial score (nSPS) is 11.8. The first-order valence-corrected chi connectivity index (χ1v) is 4.23.